The second-order valence-electron chi connectivity index (χ2n) is 14.6. The van der Waals surface area contributed by atoms with Crippen LogP contribution in [-0.4, -0.2) is 96.0 Å². The third-order valence-electron chi connectivity index (χ3n) is 9.44. The van der Waals surface area contributed by atoms with E-state index < -0.39 is 71.2 Å². The molecular weight excluding hydrogens is 729 g/mol. The minimum absolute atomic E-state index is 0.120. The number of carbonyl (C=O) groups excluding carboxylic acids is 2. The van der Waals surface area contributed by atoms with Crippen LogP contribution in [0.1, 0.15) is 162 Å². The van der Waals surface area contributed by atoms with Crippen LogP contribution in [0.5, 0.6) is 0 Å². The highest BCUT2D eigenvalue weighted by molar-refractivity contribution is 7.85. The first-order valence-electron chi connectivity index (χ1n) is 21.0. The Morgan fingerprint density at radius 1 is 0.618 bits per heavy atom. The van der Waals surface area contributed by atoms with Crippen molar-refractivity contribution in [1.82, 2.24) is 0 Å². The predicted molar refractivity (Wildman–Crippen MR) is 215 cm³/mol. The molecule has 1 heterocycles. The summed E-state index contributed by atoms with van der Waals surface area (Å²) in [4.78, 5) is 25.3. The van der Waals surface area contributed by atoms with Crippen LogP contribution in [0.2, 0.25) is 0 Å². The van der Waals surface area contributed by atoms with Crippen LogP contribution in [0.4, 0.5) is 0 Å². The molecule has 1 aliphatic heterocycles. The fourth-order valence-corrected chi connectivity index (χ4v) is 6.80. The van der Waals surface area contributed by atoms with Crippen molar-refractivity contribution in [3.8, 4) is 0 Å². The highest BCUT2D eigenvalue weighted by Crippen LogP contribution is 2.24. The molecule has 320 valence electrons. The van der Waals surface area contributed by atoms with Gasteiger partial charge < -0.3 is 34.3 Å². The highest BCUT2D eigenvalue weighted by atomic mass is 32.2. The second-order valence-corrected chi connectivity index (χ2v) is 16.1. The first-order valence-corrected chi connectivity index (χ1v) is 22.7. The summed E-state index contributed by atoms with van der Waals surface area (Å²) < 4.78 is 53.9. The molecule has 0 aromatic carbocycles. The number of unbranched alkanes of at least 4 members (excludes halogenated alkanes) is 16. The van der Waals surface area contributed by atoms with Crippen LogP contribution in [-0.2, 0) is 38.7 Å². The molecule has 12 nitrogen and oxygen atoms in total. The Bertz CT molecular complexity index is 1170. The van der Waals surface area contributed by atoms with E-state index in [0.29, 0.717) is 12.8 Å². The van der Waals surface area contributed by atoms with E-state index in [0.717, 1.165) is 64.2 Å². The highest BCUT2D eigenvalue weighted by Gasteiger charge is 2.46. The molecular formula is C42H74O12S. The Kier molecular flexibility index (Phi) is 30.4. The molecule has 1 saturated heterocycles. The molecule has 6 atom stereocenters. The normalized spacial score (nSPS) is 21.2. The molecule has 1 fully saturated rings. The lowest BCUT2D eigenvalue weighted by Gasteiger charge is -2.40. The van der Waals surface area contributed by atoms with Crippen molar-refractivity contribution in [1.29, 1.82) is 0 Å². The van der Waals surface area contributed by atoms with Gasteiger partial charge in [0.25, 0.3) is 10.1 Å². The lowest BCUT2D eigenvalue weighted by Crippen LogP contribution is -2.60. The van der Waals surface area contributed by atoms with Crippen LogP contribution >= 0.6 is 0 Å². The summed E-state index contributed by atoms with van der Waals surface area (Å²) in [6.07, 6.45) is 26.3. The first-order chi connectivity index (χ1) is 26.5. The fraction of sp³-hybridized carbons (Fsp3) is 0.810. The second kappa shape index (κ2) is 32.9. The van der Waals surface area contributed by atoms with Crippen LogP contribution in [0, 0.1) is 0 Å². The predicted octanol–water partition coefficient (Wildman–Crippen LogP) is 7.83. The van der Waals surface area contributed by atoms with Gasteiger partial charge in [0.1, 0.15) is 36.8 Å². The number of esters is 2. The topological polar surface area (TPSA) is 186 Å². The Labute approximate surface area is 331 Å². The molecule has 0 spiro atoms. The van der Waals surface area contributed by atoms with Gasteiger partial charge in [0.05, 0.1) is 6.61 Å². The summed E-state index contributed by atoms with van der Waals surface area (Å²) in [6.45, 7) is 3.67. The number of aliphatic hydroxyl groups is 3. The van der Waals surface area contributed by atoms with E-state index in [-0.39, 0.29) is 19.4 Å². The van der Waals surface area contributed by atoms with Crippen molar-refractivity contribution in [3.05, 3.63) is 36.5 Å². The van der Waals surface area contributed by atoms with Crippen molar-refractivity contribution in [2.45, 2.75) is 198 Å². The van der Waals surface area contributed by atoms with Gasteiger partial charge in [-0.3, -0.25) is 14.1 Å². The SMILES string of the molecule is CCCCC/C=C/CCCCCCCC(=O)OC[C@H](CO[C@H]1O[C@H](CS(=O)(=O)O)[C@@H](O)C(O)C1O)OC(=O)CCCC/C=C/C/C=C/CCCCCCCC. The van der Waals surface area contributed by atoms with Crippen LogP contribution in [0.3, 0.4) is 0 Å². The smallest absolute Gasteiger partial charge is 0.306 e. The fourth-order valence-electron chi connectivity index (χ4n) is 6.11. The third-order valence-corrected chi connectivity index (χ3v) is 10.2. The molecule has 0 amide bonds. The largest absolute Gasteiger partial charge is 0.462 e. The monoisotopic (exact) mass is 802 g/mol. The zero-order valence-electron chi connectivity index (χ0n) is 33.8. The minimum Gasteiger partial charge on any atom is -0.462 e. The average Bonchev–Trinajstić information content (AvgIpc) is 3.14. The molecule has 2 unspecified atom stereocenters. The molecule has 0 saturated carbocycles. The standard InChI is InChI=1S/C42H74O12S/c1-3-5-7-9-11-13-15-17-18-19-21-23-25-27-29-31-38(44)53-35(33-52-42-41(47)40(46)39(45)36(54-42)34-55(48,49)50)32-51-37(43)30-28-26-24-22-20-16-14-12-10-8-6-4-2/h12,14,17-18,21,23,35-36,39-42,45-47H,3-11,13,15-16,19-20,22,24-34H2,1-2H3,(H,48,49,50)/b14-12+,18-17+,23-21+/t35-,36-,39-,40?,41?,42+/m1/s1. The number of ether oxygens (including phenoxy) is 4. The molecule has 0 aromatic rings. The quantitative estimate of drug-likeness (QED) is 0.0214. The number of aliphatic hydroxyl groups excluding tert-OH is 3. The molecule has 1 aliphatic rings. The van der Waals surface area contributed by atoms with Crippen LogP contribution in [0.25, 0.3) is 0 Å². The van der Waals surface area contributed by atoms with Gasteiger partial charge in [-0.05, 0) is 70.6 Å². The summed E-state index contributed by atoms with van der Waals surface area (Å²) in [5.41, 5.74) is 0. The summed E-state index contributed by atoms with van der Waals surface area (Å²) in [7, 11) is -4.60. The summed E-state index contributed by atoms with van der Waals surface area (Å²) in [6, 6.07) is 0. The average molecular weight is 803 g/mol. The van der Waals surface area contributed by atoms with Gasteiger partial charge in [0.2, 0.25) is 0 Å². The molecule has 55 heavy (non-hydrogen) atoms. The van der Waals surface area contributed by atoms with Crippen molar-refractivity contribution < 1.29 is 56.8 Å². The van der Waals surface area contributed by atoms with Gasteiger partial charge in [-0.1, -0.05) is 115 Å². The molecule has 1 rings (SSSR count). The van der Waals surface area contributed by atoms with Gasteiger partial charge in [-0.15, -0.1) is 0 Å². The van der Waals surface area contributed by atoms with E-state index in [2.05, 4.69) is 50.3 Å². The summed E-state index contributed by atoms with van der Waals surface area (Å²) in [5.74, 6) is -2.04. The van der Waals surface area contributed by atoms with Crippen LogP contribution < -0.4 is 0 Å². The van der Waals surface area contributed by atoms with Crippen LogP contribution in [0.15, 0.2) is 36.5 Å². The summed E-state index contributed by atoms with van der Waals surface area (Å²) >= 11 is 0. The number of carbonyl (C=O) groups is 2. The third kappa shape index (κ3) is 28.0. The minimum atomic E-state index is -4.60. The lowest BCUT2D eigenvalue weighted by molar-refractivity contribution is -0.297. The number of hydrogen-bond donors (Lipinski definition) is 4. The van der Waals surface area contributed by atoms with Gasteiger partial charge in [0, 0.05) is 12.8 Å². The Balaban J connectivity index is 2.52. The Hall–Kier alpha value is -2.13. The number of allylic oxidation sites excluding steroid dienone is 6. The lowest BCUT2D eigenvalue weighted by atomic mass is 10.00. The van der Waals surface area contributed by atoms with E-state index >= 15 is 0 Å². The maximum atomic E-state index is 12.8. The molecule has 0 aromatic heterocycles. The van der Waals surface area contributed by atoms with Crippen molar-refractivity contribution >= 4 is 22.1 Å². The van der Waals surface area contributed by atoms with E-state index in [1.54, 1.807) is 0 Å². The molecule has 4 N–H and O–H groups in total. The van der Waals surface area contributed by atoms with Gasteiger partial charge in [-0.2, -0.15) is 8.42 Å². The van der Waals surface area contributed by atoms with Gasteiger partial charge in [-0.25, -0.2) is 0 Å². The van der Waals surface area contributed by atoms with E-state index in [1.165, 1.54) is 57.8 Å². The Morgan fingerprint density at radius 2 is 1.09 bits per heavy atom. The van der Waals surface area contributed by atoms with Gasteiger partial charge in [0.15, 0.2) is 12.4 Å². The molecule has 0 bridgehead atoms. The first kappa shape index (κ1) is 50.9. The van der Waals surface area contributed by atoms with E-state index in [4.69, 9.17) is 18.9 Å². The zero-order chi connectivity index (χ0) is 40.6. The van der Waals surface area contributed by atoms with Crippen molar-refractivity contribution in [3.63, 3.8) is 0 Å². The molecule has 0 radical (unpaired) electrons. The van der Waals surface area contributed by atoms with E-state index in [9.17, 15) is 37.9 Å². The maximum Gasteiger partial charge on any atom is 0.306 e. The number of hydrogen-bond acceptors (Lipinski definition) is 11. The van der Waals surface area contributed by atoms with Crippen molar-refractivity contribution in [2.75, 3.05) is 19.0 Å². The molecule has 0 aliphatic carbocycles. The maximum absolute atomic E-state index is 12.8. The zero-order valence-corrected chi connectivity index (χ0v) is 34.6. The molecule has 13 heteroatoms. The summed E-state index contributed by atoms with van der Waals surface area (Å²) in [5, 5.41) is 30.8. The van der Waals surface area contributed by atoms with Crippen molar-refractivity contribution in [2.24, 2.45) is 0 Å². The Morgan fingerprint density at radius 3 is 1.69 bits per heavy atom. The van der Waals surface area contributed by atoms with Gasteiger partial charge >= 0.3 is 11.9 Å². The van der Waals surface area contributed by atoms with E-state index in [1.807, 2.05) is 0 Å². The number of rotatable bonds is 34.